The van der Waals surface area contributed by atoms with Crippen LogP contribution in [0.1, 0.15) is 18.9 Å². The highest BCUT2D eigenvalue weighted by atomic mass is 16.5. The van der Waals surface area contributed by atoms with Crippen molar-refractivity contribution in [3.63, 3.8) is 0 Å². The van der Waals surface area contributed by atoms with Crippen molar-refractivity contribution in [3.05, 3.63) is 72.8 Å². The van der Waals surface area contributed by atoms with Gasteiger partial charge in [0, 0.05) is 13.5 Å². The molecule has 3 rings (SSSR count). The van der Waals surface area contributed by atoms with Gasteiger partial charge in [0.25, 0.3) is 5.91 Å². The Kier molecular flexibility index (Phi) is 6.41. The summed E-state index contributed by atoms with van der Waals surface area (Å²) in [6.07, 6.45) is 1.57. The van der Waals surface area contributed by atoms with Crippen LogP contribution >= 0.6 is 0 Å². The molecular weight excluding hydrogens is 384 g/mol. The zero-order valence-corrected chi connectivity index (χ0v) is 16.6. The molecule has 30 heavy (non-hydrogen) atoms. The smallest absolute Gasteiger partial charge is 0.308 e. The van der Waals surface area contributed by atoms with Gasteiger partial charge in [0.2, 0.25) is 11.8 Å². The van der Waals surface area contributed by atoms with Crippen molar-refractivity contribution in [2.45, 2.75) is 25.8 Å². The molecule has 1 fully saturated rings. The van der Waals surface area contributed by atoms with Crippen LogP contribution in [0.4, 0.5) is 5.69 Å². The minimum absolute atomic E-state index is 0.0983. The van der Waals surface area contributed by atoms with Gasteiger partial charge in [-0.05, 0) is 29.8 Å². The van der Waals surface area contributed by atoms with E-state index < -0.39 is 23.8 Å². The number of ether oxygens (including phenoxy) is 1. The summed E-state index contributed by atoms with van der Waals surface area (Å²) in [5.74, 6) is -1.27. The molecule has 0 aliphatic carbocycles. The van der Waals surface area contributed by atoms with Gasteiger partial charge in [-0.3, -0.25) is 19.2 Å². The molecule has 0 bridgehead atoms. The quantitative estimate of drug-likeness (QED) is 0.305. The Hall–Kier alpha value is -3.74. The molecule has 1 aliphatic heterocycles. The predicted octanol–water partition coefficient (Wildman–Crippen LogP) is 2.50. The number of nitrogens with zero attached hydrogens (tertiary/aromatic N) is 2. The van der Waals surface area contributed by atoms with Gasteiger partial charge < -0.3 is 9.64 Å². The van der Waals surface area contributed by atoms with Crippen molar-refractivity contribution in [1.29, 1.82) is 0 Å². The van der Waals surface area contributed by atoms with Gasteiger partial charge in [-0.1, -0.05) is 36.4 Å². The van der Waals surface area contributed by atoms with Crippen molar-refractivity contribution < 1.29 is 23.9 Å². The average molecular weight is 406 g/mol. The van der Waals surface area contributed by atoms with Gasteiger partial charge in [-0.15, -0.1) is 6.58 Å². The van der Waals surface area contributed by atoms with E-state index in [-0.39, 0.29) is 25.3 Å². The lowest BCUT2D eigenvalue weighted by atomic mass is 10.1. The number of hydrogen-bond acceptors (Lipinski definition) is 5. The third-order valence-electron chi connectivity index (χ3n) is 4.70. The minimum atomic E-state index is -0.889. The van der Waals surface area contributed by atoms with Crippen LogP contribution in [0.5, 0.6) is 5.75 Å². The third-order valence-corrected chi connectivity index (χ3v) is 4.70. The molecule has 7 nitrogen and oxygen atoms in total. The molecule has 0 saturated carbocycles. The fourth-order valence-corrected chi connectivity index (χ4v) is 3.37. The van der Waals surface area contributed by atoms with Crippen LogP contribution in [0.15, 0.2) is 67.3 Å². The lowest BCUT2D eigenvalue weighted by Crippen LogP contribution is -2.46. The Morgan fingerprint density at radius 2 is 1.80 bits per heavy atom. The van der Waals surface area contributed by atoms with Gasteiger partial charge in [0.1, 0.15) is 11.8 Å². The Morgan fingerprint density at radius 3 is 2.40 bits per heavy atom. The van der Waals surface area contributed by atoms with Gasteiger partial charge in [-0.2, -0.15) is 0 Å². The van der Waals surface area contributed by atoms with Gasteiger partial charge in [0.15, 0.2) is 0 Å². The molecule has 1 aliphatic rings. The highest BCUT2D eigenvalue weighted by Gasteiger charge is 2.43. The molecule has 2 aromatic rings. The number of benzene rings is 2. The van der Waals surface area contributed by atoms with Crippen molar-refractivity contribution in [3.8, 4) is 5.75 Å². The molecule has 0 N–H and O–H groups in total. The summed E-state index contributed by atoms with van der Waals surface area (Å²) in [5, 5.41) is 0. The second-order valence-electron chi connectivity index (χ2n) is 6.87. The number of amides is 3. The summed E-state index contributed by atoms with van der Waals surface area (Å²) >= 11 is 0. The summed E-state index contributed by atoms with van der Waals surface area (Å²) < 4.78 is 4.97. The first-order valence-corrected chi connectivity index (χ1v) is 9.50. The maximum atomic E-state index is 13.0. The van der Waals surface area contributed by atoms with Crippen molar-refractivity contribution in [2.75, 3.05) is 11.4 Å². The largest absolute Gasteiger partial charge is 0.427 e. The number of hydrogen-bond donors (Lipinski definition) is 0. The Labute approximate surface area is 174 Å². The van der Waals surface area contributed by atoms with E-state index in [2.05, 4.69) is 6.58 Å². The van der Waals surface area contributed by atoms with E-state index in [4.69, 9.17) is 4.74 Å². The average Bonchev–Trinajstić information content (AvgIpc) is 3.01. The van der Waals surface area contributed by atoms with Crippen LogP contribution in [-0.2, 0) is 25.6 Å². The monoisotopic (exact) mass is 406 g/mol. The predicted molar refractivity (Wildman–Crippen MR) is 111 cm³/mol. The summed E-state index contributed by atoms with van der Waals surface area (Å²) in [7, 11) is 0. The fraction of sp³-hybridized carbons (Fsp3) is 0.217. The van der Waals surface area contributed by atoms with E-state index in [1.807, 2.05) is 30.3 Å². The number of carbonyl (C=O) groups is 4. The topological polar surface area (TPSA) is 84.0 Å². The molecular formula is C23H22N2O5. The van der Waals surface area contributed by atoms with E-state index in [9.17, 15) is 19.2 Å². The van der Waals surface area contributed by atoms with Crippen LogP contribution in [0.25, 0.3) is 0 Å². The molecule has 1 unspecified atom stereocenters. The molecule has 0 radical (unpaired) electrons. The van der Waals surface area contributed by atoms with Crippen LogP contribution in [0.2, 0.25) is 0 Å². The molecule has 1 heterocycles. The molecule has 154 valence electrons. The van der Waals surface area contributed by atoms with Gasteiger partial charge in [-0.25, -0.2) is 4.90 Å². The van der Waals surface area contributed by atoms with Gasteiger partial charge in [0.05, 0.1) is 18.5 Å². The number of rotatable bonds is 7. The number of carbonyl (C=O) groups excluding carboxylic acids is 4. The van der Waals surface area contributed by atoms with Crippen molar-refractivity contribution in [2.24, 2.45) is 0 Å². The SMILES string of the molecule is C=CCN(C(=O)Cc1ccccc1)C1CC(=O)N(c2ccc(OC(C)=O)cc2)C1=O. The maximum absolute atomic E-state index is 13.0. The van der Waals surface area contributed by atoms with E-state index >= 15 is 0 Å². The first-order valence-electron chi connectivity index (χ1n) is 9.50. The molecule has 0 aromatic heterocycles. The molecule has 0 spiro atoms. The number of imide groups is 1. The van der Waals surface area contributed by atoms with E-state index in [1.54, 1.807) is 0 Å². The molecule has 3 amide bonds. The first-order chi connectivity index (χ1) is 14.4. The Morgan fingerprint density at radius 1 is 1.13 bits per heavy atom. The van der Waals surface area contributed by atoms with Crippen LogP contribution in [0.3, 0.4) is 0 Å². The Bertz CT molecular complexity index is 969. The summed E-state index contributed by atoms with van der Waals surface area (Å²) in [4.78, 5) is 52.0. The highest BCUT2D eigenvalue weighted by Crippen LogP contribution is 2.28. The van der Waals surface area contributed by atoms with Crippen LogP contribution in [0, 0.1) is 0 Å². The third kappa shape index (κ3) is 4.63. The number of esters is 1. The minimum Gasteiger partial charge on any atom is -0.427 e. The molecule has 7 heteroatoms. The zero-order chi connectivity index (χ0) is 21.7. The summed E-state index contributed by atoms with van der Waals surface area (Å²) in [5.41, 5.74) is 1.18. The summed E-state index contributed by atoms with van der Waals surface area (Å²) in [6, 6.07) is 14.4. The summed E-state index contributed by atoms with van der Waals surface area (Å²) in [6.45, 7) is 5.12. The lowest BCUT2D eigenvalue weighted by Gasteiger charge is -2.26. The highest BCUT2D eigenvalue weighted by molar-refractivity contribution is 6.23. The van der Waals surface area contributed by atoms with E-state index in [0.717, 1.165) is 10.5 Å². The van der Waals surface area contributed by atoms with E-state index in [1.165, 1.54) is 42.2 Å². The van der Waals surface area contributed by atoms with Crippen molar-refractivity contribution >= 4 is 29.4 Å². The Balaban J connectivity index is 1.79. The normalized spacial score (nSPS) is 15.8. The van der Waals surface area contributed by atoms with Gasteiger partial charge >= 0.3 is 5.97 Å². The lowest BCUT2D eigenvalue weighted by molar-refractivity contribution is -0.137. The van der Waals surface area contributed by atoms with Crippen molar-refractivity contribution in [1.82, 2.24) is 4.90 Å². The molecule has 1 saturated heterocycles. The second-order valence-corrected chi connectivity index (χ2v) is 6.87. The fourth-order valence-electron chi connectivity index (χ4n) is 3.37. The zero-order valence-electron chi connectivity index (χ0n) is 16.6. The molecule has 2 aromatic carbocycles. The first kappa shape index (κ1) is 21.0. The molecule has 1 atom stereocenters. The van der Waals surface area contributed by atoms with E-state index in [0.29, 0.717) is 11.4 Å². The second kappa shape index (κ2) is 9.17. The van der Waals surface area contributed by atoms with Crippen LogP contribution < -0.4 is 9.64 Å². The maximum Gasteiger partial charge on any atom is 0.308 e. The number of anilines is 1. The standard InChI is InChI=1S/C23H22N2O5/c1-3-13-24(21(27)14-17-7-5-4-6-8-17)20-15-22(28)25(23(20)29)18-9-11-19(12-10-18)30-16(2)26/h3-12,20H,1,13-15H2,2H3. The van der Waals surface area contributed by atoms with Crippen LogP contribution in [-0.4, -0.2) is 41.2 Å².